The van der Waals surface area contributed by atoms with Crippen molar-refractivity contribution in [2.45, 2.75) is 18.9 Å². The third kappa shape index (κ3) is 1.67. The van der Waals surface area contributed by atoms with Crippen LogP contribution in [-0.4, -0.2) is 40.8 Å². The number of pyridine rings is 1. The number of carbonyl (C=O) groups excluding carboxylic acids is 2. The van der Waals surface area contributed by atoms with Gasteiger partial charge in [0.25, 0.3) is 0 Å². The van der Waals surface area contributed by atoms with Crippen LogP contribution in [0.2, 0.25) is 0 Å². The molecule has 2 amide bonds. The highest BCUT2D eigenvalue weighted by atomic mass is 16.2. The van der Waals surface area contributed by atoms with Crippen molar-refractivity contribution in [3.63, 3.8) is 0 Å². The maximum absolute atomic E-state index is 11.5. The zero-order valence-electron chi connectivity index (χ0n) is 9.37. The molecular formula is C12H13N3O2. The highest BCUT2D eigenvalue weighted by Crippen LogP contribution is 2.25. The van der Waals surface area contributed by atoms with Crippen molar-refractivity contribution in [2.24, 2.45) is 0 Å². The maximum atomic E-state index is 11.5. The fourth-order valence-corrected chi connectivity index (χ4v) is 2.35. The van der Waals surface area contributed by atoms with Crippen LogP contribution in [0.1, 0.15) is 12.8 Å². The lowest BCUT2D eigenvalue weighted by Crippen LogP contribution is -2.61. The lowest BCUT2D eigenvalue weighted by Gasteiger charge is -2.43. The second-order valence-corrected chi connectivity index (χ2v) is 4.40. The summed E-state index contributed by atoms with van der Waals surface area (Å²) in [6.07, 6.45) is 2.49. The number of nitrogens with zero attached hydrogens (tertiary/aromatic N) is 3. The van der Waals surface area contributed by atoms with E-state index in [1.165, 1.54) is 4.90 Å². The van der Waals surface area contributed by atoms with Crippen LogP contribution >= 0.6 is 0 Å². The van der Waals surface area contributed by atoms with Gasteiger partial charge in [0.2, 0.25) is 11.8 Å². The number of amides is 2. The third-order valence-electron chi connectivity index (χ3n) is 3.29. The van der Waals surface area contributed by atoms with E-state index in [1.807, 2.05) is 18.2 Å². The average molecular weight is 231 g/mol. The third-order valence-corrected chi connectivity index (χ3v) is 3.29. The minimum atomic E-state index is -0.0272. The fraction of sp³-hybridized carbons (Fsp3) is 0.417. The molecule has 0 spiro atoms. The molecule has 17 heavy (non-hydrogen) atoms. The zero-order chi connectivity index (χ0) is 11.8. The first-order valence-electron chi connectivity index (χ1n) is 5.76. The Balaban J connectivity index is 1.65. The van der Waals surface area contributed by atoms with Crippen LogP contribution in [0.5, 0.6) is 0 Å². The van der Waals surface area contributed by atoms with Crippen LogP contribution in [0.4, 0.5) is 5.82 Å². The minimum absolute atomic E-state index is 0.0272. The van der Waals surface area contributed by atoms with Crippen LogP contribution in [0.15, 0.2) is 24.4 Å². The number of hydrogen-bond acceptors (Lipinski definition) is 4. The number of anilines is 1. The Hall–Kier alpha value is -1.91. The van der Waals surface area contributed by atoms with Gasteiger partial charge < -0.3 is 4.90 Å². The Bertz CT molecular complexity index is 438. The summed E-state index contributed by atoms with van der Waals surface area (Å²) >= 11 is 0. The molecule has 0 bridgehead atoms. The first kappa shape index (κ1) is 10.3. The van der Waals surface area contributed by atoms with E-state index in [1.54, 1.807) is 6.20 Å². The van der Waals surface area contributed by atoms with Crippen LogP contribution in [0, 0.1) is 0 Å². The Morgan fingerprint density at radius 3 is 2.41 bits per heavy atom. The van der Waals surface area contributed by atoms with Crippen LogP contribution in [-0.2, 0) is 9.59 Å². The zero-order valence-corrected chi connectivity index (χ0v) is 9.37. The smallest absolute Gasteiger partial charge is 0.230 e. The molecule has 2 saturated heterocycles. The topological polar surface area (TPSA) is 53.5 Å². The molecule has 2 aliphatic rings. The molecular weight excluding hydrogens is 218 g/mol. The van der Waals surface area contributed by atoms with Gasteiger partial charge in [0.15, 0.2) is 0 Å². The summed E-state index contributed by atoms with van der Waals surface area (Å²) in [5, 5.41) is 0. The standard InChI is InChI=1S/C12H13N3O2/c16-11-4-5-12(17)15(11)9-7-14(8-9)10-3-1-2-6-13-10/h1-3,6,9H,4-5,7-8H2. The maximum Gasteiger partial charge on any atom is 0.230 e. The predicted octanol–water partition coefficient (Wildman–Crippen LogP) is 0.419. The monoisotopic (exact) mass is 231 g/mol. The van der Waals surface area contributed by atoms with Gasteiger partial charge in [0, 0.05) is 32.1 Å². The molecule has 0 atom stereocenters. The second kappa shape index (κ2) is 3.84. The summed E-state index contributed by atoms with van der Waals surface area (Å²) in [4.78, 5) is 30.8. The van der Waals surface area contributed by atoms with Crippen molar-refractivity contribution < 1.29 is 9.59 Å². The molecule has 1 aromatic heterocycles. The van der Waals surface area contributed by atoms with E-state index < -0.39 is 0 Å². The SMILES string of the molecule is O=C1CCC(=O)N1C1CN(c2ccccn2)C1. The number of hydrogen-bond donors (Lipinski definition) is 0. The molecule has 5 nitrogen and oxygen atoms in total. The molecule has 3 heterocycles. The van der Waals surface area contributed by atoms with E-state index in [4.69, 9.17) is 0 Å². The van der Waals surface area contributed by atoms with Gasteiger partial charge in [-0.2, -0.15) is 0 Å². The van der Waals surface area contributed by atoms with Gasteiger partial charge in [-0.15, -0.1) is 0 Å². The summed E-state index contributed by atoms with van der Waals surface area (Å²) in [6, 6.07) is 5.78. The van der Waals surface area contributed by atoms with E-state index in [9.17, 15) is 9.59 Å². The molecule has 88 valence electrons. The van der Waals surface area contributed by atoms with Gasteiger partial charge in [-0.1, -0.05) is 6.07 Å². The van der Waals surface area contributed by atoms with Gasteiger partial charge in [-0.25, -0.2) is 4.98 Å². The fourth-order valence-electron chi connectivity index (χ4n) is 2.35. The van der Waals surface area contributed by atoms with Crippen LogP contribution < -0.4 is 4.90 Å². The lowest BCUT2D eigenvalue weighted by molar-refractivity contribution is -0.141. The Labute approximate surface area is 99.0 Å². The van der Waals surface area contributed by atoms with E-state index in [0.29, 0.717) is 25.9 Å². The molecule has 2 fully saturated rings. The molecule has 1 aromatic rings. The van der Waals surface area contributed by atoms with Gasteiger partial charge in [0.05, 0.1) is 6.04 Å². The number of imide groups is 1. The van der Waals surface area contributed by atoms with E-state index in [0.717, 1.165) is 5.82 Å². The van der Waals surface area contributed by atoms with Crippen molar-refractivity contribution in [1.29, 1.82) is 0 Å². The number of rotatable bonds is 2. The van der Waals surface area contributed by atoms with Crippen molar-refractivity contribution in [1.82, 2.24) is 9.88 Å². The Morgan fingerprint density at radius 2 is 1.82 bits per heavy atom. The molecule has 0 aliphatic carbocycles. The molecule has 0 saturated carbocycles. The van der Waals surface area contributed by atoms with Crippen LogP contribution in [0.25, 0.3) is 0 Å². The lowest BCUT2D eigenvalue weighted by atomic mass is 10.1. The van der Waals surface area contributed by atoms with Gasteiger partial charge >= 0.3 is 0 Å². The van der Waals surface area contributed by atoms with Crippen molar-refractivity contribution in [2.75, 3.05) is 18.0 Å². The molecule has 5 heteroatoms. The van der Waals surface area contributed by atoms with Gasteiger partial charge in [-0.05, 0) is 12.1 Å². The van der Waals surface area contributed by atoms with Gasteiger partial charge in [-0.3, -0.25) is 14.5 Å². The Morgan fingerprint density at radius 1 is 1.12 bits per heavy atom. The molecule has 3 rings (SSSR count). The largest absolute Gasteiger partial charge is 0.352 e. The molecule has 0 radical (unpaired) electrons. The summed E-state index contributed by atoms with van der Waals surface area (Å²) in [5.74, 6) is 0.851. The summed E-state index contributed by atoms with van der Waals surface area (Å²) in [5.41, 5.74) is 0. The molecule has 0 unspecified atom stereocenters. The van der Waals surface area contributed by atoms with Crippen molar-refractivity contribution >= 4 is 17.6 Å². The van der Waals surface area contributed by atoms with E-state index in [2.05, 4.69) is 9.88 Å². The van der Waals surface area contributed by atoms with E-state index >= 15 is 0 Å². The average Bonchev–Trinajstić information content (AvgIpc) is 2.60. The number of carbonyl (C=O) groups is 2. The predicted molar refractivity (Wildman–Crippen MR) is 61.3 cm³/mol. The van der Waals surface area contributed by atoms with Crippen molar-refractivity contribution in [3.05, 3.63) is 24.4 Å². The number of aromatic nitrogens is 1. The summed E-state index contributed by atoms with van der Waals surface area (Å²) < 4.78 is 0. The minimum Gasteiger partial charge on any atom is -0.352 e. The highest BCUT2D eigenvalue weighted by Gasteiger charge is 2.41. The number of likely N-dealkylation sites (tertiary alicyclic amines) is 1. The summed E-state index contributed by atoms with van der Waals surface area (Å²) in [7, 11) is 0. The first-order chi connectivity index (χ1) is 8.25. The second-order valence-electron chi connectivity index (χ2n) is 4.40. The van der Waals surface area contributed by atoms with Crippen LogP contribution in [0.3, 0.4) is 0 Å². The molecule has 0 aromatic carbocycles. The Kier molecular flexibility index (Phi) is 2.31. The first-order valence-corrected chi connectivity index (χ1v) is 5.76. The van der Waals surface area contributed by atoms with Crippen molar-refractivity contribution in [3.8, 4) is 0 Å². The molecule has 2 aliphatic heterocycles. The normalized spacial score (nSPS) is 20.9. The highest BCUT2D eigenvalue weighted by molar-refractivity contribution is 6.02. The van der Waals surface area contributed by atoms with E-state index in [-0.39, 0.29) is 17.9 Å². The van der Waals surface area contributed by atoms with Gasteiger partial charge in [0.1, 0.15) is 5.82 Å². The quantitative estimate of drug-likeness (QED) is 0.692. The molecule has 0 N–H and O–H groups in total. The summed E-state index contributed by atoms with van der Waals surface area (Å²) in [6.45, 7) is 1.41.